The Kier molecular flexibility index (Phi) is 6.20. The molecule has 1 fully saturated rings. The lowest BCUT2D eigenvalue weighted by atomic mass is 10.0. The van der Waals surface area contributed by atoms with E-state index in [0.29, 0.717) is 0 Å². The van der Waals surface area contributed by atoms with Crippen molar-refractivity contribution in [3.05, 3.63) is 16.6 Å². The molecule has 2 rings (SSSR count). The van der Waals surface area contributed by atoms with Crippen LogP contribution in [0, 0.1) is 0 Å². The number of nitrogens with zero attached hydrogens (tertiary/aromatic N) is 2. The van der Waals surface area contributed by atoms with Crippen LogP contribution in [-0.2, 0) is 11.2 Å². The van der Waals surface area contributed by atoms with Gasteiger partial charge in [0.2, 0.25) is 0 Å². The van der Waals surface area contributed by atoms with Gasteiger partial charge in [0.15, 0.2) is 0 Å². The molecule has 0 spiro atoms. The van der Waals surface area contributed by atoms with Crippen LogP contribution in [0.4, 0.5) is 4.79 Å². The van der Waals surface area contributed by atoms with E-state index in [1.807, 2.05) is 37.2 Å². The maximum Gasteiger partial charge on any atom is 0.410 e. The minimum atomic E-state index is -0.433. The molecule has 1 amide bonds. The zero-order chi connectivity index (χ0) is 16.0. The van der Waals surface area contributed by atoms with Crippen molar-refractivity contribution in [3.63, 3.8) is 0 Å². The number of likely N-dealkylation sites (tertiary alicyclic amines) is 1. The summed E-state index contributed by atoms with van der Waals surface area (Å²) in [6.07, 6.45) is 5.89. The van der Waals surface area contributed by atoms with Gasteiger partial charge in [0.25, 0.3) is 0 Å². The van der Waals surface area contributed by atoms with Crippen molar-refractivity contribution < 1.29 is 9.53 Å². The Balaban J connectivity index is 1.77. The summed E-state index contributed by atoms with van der Waals surface area (Å²) in [4.78, 5) is 18.5. The van der Waals surface area contributed by atoms with Crippen molar-refractivity contribution in [2.24, 2.45) is 0 Å². The molecule has 5 nitrogen and oxygen atoms in total. The molecule has 2 heterocycles. The summed E-state index contributed by atoms with van der Waals surface area (Å²) >= 11 is 1.69. The monoisotopic (exact) mass is 325 g/mol. The van der Waals surface area contributed by atoms with E-state index in [4.69, 9.17) is 4.74 Å². The standard InChI is InChI=1S/C16H27N3O2S/c1-16(2,3)21-15(20)19-10-5-4-6-13(19)12-17-8-7-14-18-9-11-22-14/h9,11,13,17H,4-8,10,12H2,1-3H3. The third kappa shape index (κ3) is 5.57. The second-order valence-electron chi connectivity index (χ2n) is 6.70. The van der Waals surface area contributed by atoms with Crippen LogP contribution in [-0.4, -0.2) is 47.3 Å². The van der Waals surface area contributed by atoms with Crippen molar-refractivity contribution in [1.29, 1.82) is 0 Å². The van der Waals surface area contributed by atoms with Crippen molar-refractivity contribution in [1.82, 2.24) is 15.2 Å². The number of thiazole rings is 1. The lowest BCUT2D eigenvalue weighted by Crippen LogP contribution is -2.50. The largest absolute Gasteiger partial charge is 0.444 e. The molecule has 1 atom stereocenters. The number of aromatic nitrogens is 1. The molecule has 0 bridgehead atoms. The molecule has 1 aliphatic heterocycles. The topological polar surface area (TPSA) is 54.5 Å². The number of rotatable bonds is 5. The molecule has 1 aromatic heterocycles. The van der Waals surface area contributed by atoms with E-state index >= 15 is 0 Å². The molecular weight excluding hydrogens is 298 g/mol. The number of hydrogen-bond donors (Lipinski definition) is 1. The molecule has 1 N–H and O–H groups in total. The van der Waals surface area contributed by atoms with Crippen molar-refractivity contribution in [2.45, 2.75) is 58.1 Å². The van der Waals surface area contributed by atoms with E-state index in [2.05, 4.69) is 10.3 Å². The number of carbonyl (C=O) groups excluding carboxylic acids is 1. The highest BCUT2D eigenvalue weighted by Gasteiger charge is 2.30. The summed E-state index contributed by atoms with van der Waals surface area (Å²) in [6, 6.07) is 0.236. The van der Waals surface area contributed by atoms with E-state index in [9.17, 15) is 4.79 Å². The van der Waals surface area contributed by atoms with Gasteiger partial charge in [-0.2, -0.15) is 0 Å². The number of nitrogens with one attached hydrogen (secondary N) is 1. The third-order valence-corrected chi connectivity index (χ3v) is 4.47. The van der Waals surface area contributed by atoms with Gasteiger partial charge in [0.1, 0.15) is 5.60 Å². The molecule has 1 aromatic rings. The maximum absolute atomic E-state index is 12.3. The second kappa shape index (κ2) is 7.92. The van der Waals surface area contributed by atoms with Gasteiger partial charge in [-0.05, 0) is 40.0 Å². The number of amides is 1. The van der Waals surface area contributed by atoms with E-state index in [0.717, 1.165) is 43.9 Å². The molecule has 124 valence electrons. The average Bonchev–Trinajstić information content (AvgIpc) is 2.95. The van der Waals surface area contributed by atoms with Gasteiger partial charge in [-0.15, -0.1) is 11.3 Å². The molecule has 0 saturated carbocycles. The van der Waals surface area contributed by atoms with Crippen LogP contribution in [0.25, 0.3) is 0 Å². The Morgan fingerprint density at radius 1 is 1.50 bits per heavy atom. The van der Waals surface area contributed by atoms with Crippen LogP contribution in [0.3, 0.4) is 0 Å². The SMILES string of the molecule is CC(C)(C)OC(=O)N1CCCCC1CNCCc1nccs1. The minimum absolute atomic E-state index is 0.182. The van der Waals surface area contributed by atoms with Gasteiger partial charge < -0.3 is 15.0 Å². The lowest BCUT2D eigenvalue weighted by molar-refractivity contribution is 0.00999. The Morgan fingerprint density at radius 2 is 2.32 bits per heavy atom. The highest BCUT2D eigenvalue weighted by Crippen LogP contribution is 2.20. The van der Waals surface area contributed by atoms with Crippen LogP contribution in [0.1, 0.15) is 45.0 Å². The van der Waals surface area contributed by atoms with Gasteiger partial charge in [-0.3, -0.25) is 0 Å². The predicted molar refractivity (Wildman–Crippen MR) is 89.3 cm³/mol. The first-order valence-electron chi connectivity index (χ1n) is 8.04. The van der Waals surface area contributed by atoms with E-state index in [1.165, 1.54) is 6.42 Å². The summed E-state index contributed by atoms with van der Waals surface area (Å²) in [5.41, 5.74) is -0.433. The summed E-state index contributed by atoms with van der Waals surface area (Å²) < 4.78 is 5.52. The average molecular weight is 325 g/mol. The van der Waals surface area contributed by atoms with Gasteiger partial charge in [0, 0.05) is 43.7 Å². The molecule has 0 aliphatic carbocycles. The number of piperidine rings is 1. The van der Waals surface area contributed by atoms with E-state index in [-0.39, 0.29) is 12.1 Å². The quantitative estimate of drug-likeness (QED) is 0.845. The molecule has 1 aliphatic rings. The van der Waals surface area contributed by atoms with E-state index in [1.54, 1.807) is 11.3 Å². The first kappa shape index (κ1) is 17.2. The van der Waals surface area contributed by atoms with Crippen LogP contribution in [0.15, 0.2) is 11.6 Å². The molecular formula is C16H27N3O2S. The van der Waals surface area contributed by atoms with Gasteiger partial charge in [-0.25, -0.2) is 9.78 Å². The second-order valence-corrected chi connectivity index (χ2v) is 7.68. The highest BCUT2D eigenvalue weighted by molar-refractivity contribution is 7.09. The highest BCUT2D eigenvalue weighted by atomic mass is 32.1. The van der Waals surface area contributed by atoms with Gasteiger partial charge in [-0.1, -0.05) is 0 Å². The third-order valence-electron chi connectivity index (χ3n) is 3.63. The fraction of sp³-hybridized carbons (Fsp3) is 0.750. The molecule has 22 heavy (non-hydrogen) atoms. The fourth-order valence-corrected chi connectivity index (χ4v) is 3.23. The van der Waals surface area contributed by atoms with Crippen LogP contribution in [0.5, 0.6) is 0 Å². The zero-order valence-electron chi connectivity index (χ0n) is 13.8. The molecule has 6 heteroatoms. The molecule has 0 radical (unpaired) electrons. The smallest absolute Gasteiger partial charge is 0.410 e. The summed E-state index contributed by atoms with van der Waals surface area (Å²) in [5, 5.41) is 6.61. The molecule has 1 unspecified atom stereocenters. The van der Waals surface area contributed by atoms with Gasteiger partial charge in [0.05, 0.1) is 5.01 Å². The number of hydrogen-bond acceptors (Lipinski definition) is 5. The van der Waals surface area contributed by atoms with E-state index < -0.39 is 5.60 Å². The van der Waals surface area contributed by atoms with Crippen LogP contribution < -0.4 is 5.32 Å². The maximum atomic E-state index is 12.3. The van der Waals surface area contributed by atoms with Crippen LogP contribution >= 0.6 is 11.3 Å². The normalized spacial score (nSPS) is 19.2. The zero-order valence-corrected chi connectivity index (χ0v) is 14.6. The van der Waals surface area contributed by atoms with Gasteiger partial charge >= 0.3 is 6.09 Å². The number of ether oxygens (including phenoxy) is 1. The number of carbonyl (C=O) groups is 1. The first-order chi connectivity index (χ1) is 10.5. The minimum Gasteiger partial charge on any atom is -0.444 e. The fourth-order valence-electron chi connectivity index (χ4n) is 2.61. The molecule has 0 aromatic carbocycles. The Labute approximate surface area is 137 Å². The summed E-state index contributed by atoms with van der Waals surface area (Å²) in [7, 11) is 0. The lowest BCUT2D eigenvalue weighted by Gasteiger charge is -2.36. The Morgan fingerprint density at radius 3 is 3.00 bits per heavy atom. The Hall–Kier alpha value is -1.14. The van der Waals surface area contributed by atoms with Crippen molar-refractivity contribution >= 4 is 17.4 Å². The van der Waals surface area contributed by atoms with Crippen LogP contribution in [0.2, 0.25) is 0 Å². The molecule has 1 saturated heterocycles. The summed E-state index contributed by atoms with van der Waals surface area (Å²) in [5.74, 6) is 0. The van der Waals surface area contributed by atoms with Crippen molar-refractivity contribution in [2.75, 3.05) is 19.6 Å². The van der Waals surface area contributed by atoms with Crippen molar-refractivity contribution in [3.8, 4) is 0 Å². The first-order valence-corrected chi connectivity index (χ1v) is 8.92. The summed E-state index contributed by atoms with van der Waals surface area (Å²) in [6.45, 7) is 8.26. The Bertz CT molecular complexity index is 456. The predicted octanol–water partition coefficient (Wildman–Crippen LogP) is 3.06.